The fraction of sp³-hybridized carbons (Fsp3) is 0.0870. The zero-order valence-corrected chi connectivity index (χ0v) is 15.4. The van der Waals surface area contributed by atoms with Gasteiger partial charge >= 0.3 is 5.97 Å². The number of hydrogen-bond acceptors (Lipinski definition) is 4. The summed E-state index contributed by atoms with van der Waals surface area (Å²) in [7, 11) is 0. The molecule has 1 unspecified atom stereocenters. The molecule has 0 spiro atoms. The van der Waals surface area contributed by atoms with Crippen LogP contribution in [-0.2, 0) is 16.1 Å². The van der Waals surface area contributed by atoms with E-state index in [2.05, 4.69) is 5.32 Å². The Morgan fingerprint density at radius 3 is 2.07 bits per heavy atom. The van der Waals surface area contributed by atoms with Gasteiger partial charge in [0.05, 0.1) is 5.56 Å². The first-order valence-electron chi connectivity index (χ1n) is 8.91. The van der Waals surface area contributed by atoms with Crippen LogP contribution in [0.3, 0.4) is 0 Å². The maximum absolute atomic E-state index is 13.9. The SMILES string of the molecule is O=C(NC(C(=O)OCc1ccccc1)C(=O)c1ccccc1)c1ccccc1F. The molecule has 5 nitrogen and oxygen atoms in total. The van der Waals surface area contributed by atoms with E-state index in [1.807, 2.05) is 6.07 Å². The van der Waals surface area contributed by atoms with Crippen LogP contribution in [0.15, 0.2) is 84.9 Å². The molecule has 0 fully saturated rings. The van der Waals surface area contributed by atoms with Crippen LogP contribution in [0.1, 0.15) is 26.3 Å². The molecule has 0 bridgehead atoms. The average molecular weight is 391 g/mol. The molecule has 29 heavy (non-hydrogen) atoms. The number of ether oxygens (including phenoxy) is 1. The Balaban J connectivity index is 1.81. The van der Waals surface area contributed by atoms with Gasteiger partial charge < -0.3 is 10.1 Å². The first kappa shape index (κ1) is 19.9. The summed E-state index contributed by atoms with van der Waals surface area (Å²) in [4.78, 5) is 38.0. The number of amides is 1. The van der Waals surface area contributed by atoms with Crippen molar-refractivity contribution in [3.63, 3.8) is 0 Å². The largest absolute Gasteiger partial charge is 0.459 e. The molecule has 3 aromatic carbocycles. The Bertz CT molecular complexity index is 1010. The third-order valence-electron chi connectivity index (χ3n) is 4.17. The third-order valence-corrected chi connectivity index (χ3v) is 4.17. The third kappa shape index (κ3) is 5.13. The van der Waals surface area contributed by atoms with Crippen LogP contribution in [0.2, 0.25) is 0 Å². The molecule has 6 heteroatoms. The topological polar surface area (TPSA) is 72.5 Å². The van der Waals surface area contributed by atoms with Crippen molar-refractivity contribution < 1.29 is 23.5 Å². The maximum Gasteiger partial charge on any atom is 0.337 e. The number of carbonyl (C=O) groups is 3. The van der Waals surface area contributed by atoms with Crippen molar-refractivity contribution in [3.8, 4) is 0 Å². The van der Waals surface area contributed by atoms with Gasteiger partial charge in [-0.1, -0.05) is 72.8 Å². The molecule has 3 rings (SSSR count). The lowest BCUT2D eigenvalue weighted by Gasteiger charge is -2.17. The minimum atomic E-state index is -1.60. The molecule has 0 aliphatic rings. The molecule has 1 amide bonds. The van der Waals surface area contributed by atoms with E-state index < -0.39 is 29.5 Å². The van der Waals surface area contributed by atoms with Gasteiger partial charge in [0.1, 0.15) is 12.4 Å². The minimum absolute atomic E-state index is 0.0617. The van der Waals surface area contributed by atoms with Gasteiger partial charge in [-0.2, -0.15) is 0 Å². The first-order valence-corrected chi connectivity index (χ1v) is 8.91. The minimum Gasteiger partial charge on any atom is -0.459 e. The van der Waals surface area contributed by atoms with Gasteiger partial charge in [-0.25, -0.2) is 9.18 Å². The molecule has 0 saturated carbocycles. The van der Waals surface area contributed by atoms with Gasteiger partial charge in [0.15, 0.2) is 11.8 Å². The fourth-order valence-corrected chi connectivity index (χ4v) is 2.67. The van der Waals surface area contributed by atoms with Crippen LogP contribution in [0.5, 0.6) is 0 Å². The van der Waals surface area contributed by atoms with Gasteiger partial charge in [0, 0.05) is 5.56 Å². The highest BCUT2D eigenvalue weighted by Crippen LogP contribution is 2.11. The van der Waals surface area contributed by atoms with Crippen molar-refractivity contribution in [2.45, 2.75) is 12.6 Å². The molecule has 0 aliphatic heterocycles. The van der Waals surface area contributed by atoms with E-state index >= 15 is 0 Å². The summed E-state index contributed by atoms with van der Waals surface area (Å²) in [5.74, 6) is -3.21. The van der Waals surface area contributed by atoms with Gasteiger partial charge in [0.25, 0.3) is 5.91 Å². The number of carbonyl (C=O) groups excluding carboxylic acids is 3. The summed E-state index contributed by atoms with van der Waals surface area (Å²) < 4.78 is 19.2. The molecular formula is C23H18FNO4. The molecule has 146 valence electrons. The van der Waals surface area contributed by atoms with Crippen molar-refractivity contribution in [1.29, 1.82) is 0 Å². The van der Waals surface area contributed by atoms with Gasteiger partial charge in [-0.15, -0.1) is 0 Å². The lowest BCUT2D eigenvalue weighted by atomic mass is 10.0. The second kappa shape index (κ2) is 9.41. The van der Waals surface area contributed by atoms with Crippen LogP contribution in [0.4, 0.5) is 4.39 Å². The fourth-order valence-electron chi connectivity index (χ4n) is 2.67. The number of halogens is 1. The highest BCUT2D eigenvalue weighted by molar-refractivity contribution is 6.14. The highest BCUT2D eigenvalue weighted by atomic mass is 19.1. The van der Waals surface area contributed by atoms with E-state index in [1.165, 1.54) is 30.3 Å². The Morgan fingerprint density at radius 1 is 0.828 bits per heavy atom. The molecule has 1 N–H and O–H groups in total. The molecule has 0 aromatic heterocycles. The number of ketones is 1. The van der Waals surface area contributed by atoms with Gasteiger partial charge in [-0.05, 0) is 17.7 Å². The normalized spacial score (nSPS) is 11.3. The lowest BCUT2D eigenvalue weighted by molar-refractivity contribution is -0.145. The highest BCUT2D eigenvalue weighted by Gasteiger charge is 2.31. The van der Waals surface area contributed by atoms with E-state index in [-0.39, 0.29) is 17.7 Å². The summed E-state index contributed by atoms with van der Waals surface area (Å²) in [6, 6.07) is 20.7. The summed E-state index contributed by atoms with van der Waals surface area (Å²) in [6.45, 7) is -0.0617. The summed E-state index contributed by atoms with van der Waals surface area (Å²) in [5, 5.41) is 2.31. The number of hydrogen-bond donors (Lipinski definition) is 1. The average Bonchev–Trinajstić information content (AvgIpc) is 2.77. The molecule has 1 atom stereocenters. The van der Waals surface area contributed by atoms with Crippen molar-refractivity contribution in [3.05, 3.63) is 107 Å². The molecule has 0 aliphatic carbocycles. The molecular weight excluding hydrogens is 373 g/mol. The second-order valence-electron chi connectivity index (χ2n) is 6.21. The van der Waals surface area contributed by atoms with Crippen LogP contribution in [-0.4, -0.2) is 23.7 Å². The molecule has 3 aromatic rings. The van der Waals surface area contributed by atoms with Crippen LogP contribution in [0.25, 0.3) is 0 Å². The molecule has 0 saturated heterocycles. The Hall–Kier alpha value is -3.80. The summed E-state index contributed by atoms with van der Waals surface area (Å²) in [6.07, 6.45) is 0. The maximum atomic E-state index is 13.9. The molecule has 0 radical (unpaired) electrons. The van der Waals surface area contributed by atoms with Crippen LogP contribution in [0, 0.1) is 5.82 Å². The Morgan fingerprint density at radius 2 is 1.41 bits per heavy atom. The number of rotatable bonds is 7. The van der Waals surface area contributed by atoms with Crippen molar-refractivity contribution in [1.82, 2.24) is 5.32 Å². The zero-order chi connectivity index (χ0) is 20.6. The van der Waals surface area contributed by atoms with E-state index in [4.69, 9.17) is 4.74 Å². The van der Waals surface area contributed by atoms with Gasteiger partial charge in [0.2, 0.25) is 0 Å². The van der Waals surface area contributed by atoms with Crippen LogP contribution < -0.4 is 5.32 Å². The van der Waals surface area contributed by atoms with Crippen LogP contribution >= 0.6 is 0 Å². The summed E-state index contributed by atoms with van der Waals surface area (Å²) in [5.41, 5.74) is 0.685. The summed E-state index contributed by atoms with van der Waals surface area (Å²) >= 11 is 0. The Labute approximate surface area is 167 Å². The second-order valence-corrected chi connectivity index (χ2v) is 6.21. The zero-order valence-electron chi connectivity index (χ0n) is 15.4. The number of benzene rings is 3. The van der Waals surface area contributed by atoms with Crippen molar-refractivity contribution in [2.24, 2.45) is 0 Å². The van der Waals surface area contributed by atoms with E-state index in [1.54, 1.807) is 42.5 Å². The number of Topliss-reactive ketones (excluding diaryl/α,β-unsaturated/α-hetero) is 1. The van der Waals surface area contributed by atoms with E-state index in [0.717, 1.165) is 11.6 Å². The van der Waals surface area contributed by atoms with Gasteiger partial charge in [-0.3, -0.25) is 9.59 Å². The van der Waals surface area contributed by atoms with E-state index in [0.29, 0.717) is 0 Å². The smallest absolute Gasteiger partial charge is 0.337 e. The van der Waals surface area contributed by atoms with Crippen molar-refractivity contribution >= 4 is 17.7 Å². The lowest BCUT2D eigenvalue weighted by Crippen LogP contribution is -2.47. The number of nitrogens with one attached hydrogen (secondary N) is 1. The standard InChI is InChI=1S/C23H18FNO4/c24-19-14-8-7-13-18(19)22(27)25-20(21(26)17-11-5-2-6-12-17)23(28)29-15-16-9-3-1-4-10-16/h1-14,20H,15H2,(H,25,27). The first-order chi connectivity index (χ1) is 14.1. The molecule has 0 heterocycles. The monoisotopic (exact) mass is 391 g/mol. The Kier molecular flexibility index (Phi) is 6.47. The number of esters is 1. The van der Waals surface area contributed by atoms with Crippen molar-refractivity contribution in [2.75, 3.05) is 0 Å². The quantitative estimate of drug-likeness (QED) is 0.380. The van der Waals surface area contributed by atoms with E-state index in [9.17, 15) is 18.8 Å². The predicted molar refractivity (Wildman–Crippen MR) is 105 cm³/mol. The predicted octanol–water partition coefficient (Wildman–Crippen LogP) is 3.55.